The fraction of sp³-hybridized carbons (Fsp3) is 0.571. The number of hydrogen-bond acceptors (Lipinski definition) is 2. The molecule has 1 aromatic rings. The van der Waals surface area contributed by atoms with Crippen LogP contribution in [0.15, 0.2) is 12.1 Å². The summed E-state index contributed by atoms with van der Waals surface area (Å²) in [4.78, 5) is 0. The number of rotatable bonds is 7. The van der Waals surface area contributed by atoms with Crippen molar-refractivity contribution in [2.75, 3.05) is 13.1 Å². The van der Waals surface area contributed by atoms with Gasteiger partial charge in [-0.3, -0.25) is 0 Å². The van der Waals surface area contributed by atoms with Gasteiger partial charge in [0.15, 0.2) is 17.5 Å². The zero-order valence-corrected chi connectivity index (χ0v) is 10.8. The summed E-state index contributed by atoms with van der Waals surface area (Å²) in [5.41, 5.74) is 5.95. The lowest BCUT2D eigenvalue weighted by molar-refractivity contribution is 0.438. The number of nitrogens with two attached hydrogens (primary N) is 1. The molecular weight excluding hydrogens is 253 g/mol. The van der Waals surface area contributed by atoms with Crippen LogP contribution in [0, 0.1) is 23.4 Å². The van der Waals surface area contributed by atoms with Gasteiger partial charge in [0.05, 0.1) is 0 Å². The van der Waals surface area contributed by atoms with Gasteiger partial charge < -0.3 is 11.1 Å². The lowest BCUT2D eigenvalue weighted by Crippen LogP contribution is -2.29. The van der Waals surface area contributed by atoms with Crippen LogP contribution in [0.25, 0.3) is 0 Å². The molecule has 0 saturated heterocycles. The first kappa shape index (κ1) is 14.3. The maximum Gasteiger partial charge on any atom is 0.194 e. The van der Waals surface area contributed by atoms with E-state index in [1.165, 1.54) is 19.3 Å². The van der Waals surface area contributed by atoms with Crippen LogP contribution in [0.4, 0.5) is 13.2 Å². The van der Waals surface area contributed by atoms with Crippen LogP contribution in [-0.2, 0) is 0 Å². The molecule has 19 heavy (non-hydrogen) atoms. The van der Waals surface area contributed by atoms with E-state index >= 15 is 0 Å². The summed E-state index contributed by atoms with van der Waals surface area (Å²) in [6, 6.07) is 1.66. The third kappa shape index (κ3) is 3.94. The molecule has 3 N–H and O–H groups in total. The summed E-state index contributed by atoms with van der Waals surface area (Å²) in [5.74, 6) is -2.92. The highest BCUT2D eigenvalue weighted by atomic mass is 19.2. The number of nitrogens with one attached hydrogen (secondary N) is 1. The lowest BCUT2D eigenvalue weighted by Gasteiger charge is -2.17. The zero-order valence-electron chi connectivity index (χ0n) is 10.8. The quantitative estimate of drug-likeness (QED) is 0.591. The fourth-order valence-electron chi connectivity index (χ4n) is 2.19. The smallest absolute Gasteiger partial charge is 0.194 e. The third-order valence-corrected chi connectivity index (χ3v) is 3.52. The van der Waals surface area contributed by atoms with Crippen LogP contribution < -0.4 is 11.1 Å². The van der Waals surface area contributed by atoms with Crippen LogP contribution in [0.3, 0.4) is 0 Å². The van der Waals surface area contributed by atoms with E-state index in [2.05, 4.69) is 5.32 Å². The van der Waals surface area contributed by atoms with Gasteiger partial charge in [-0.05, 0) is 43.0 Å². The molecule has 0 spiro atoms. The molecule has 5 heteroatoms. The third-order valence-electron chi connectivity index (χ3n) is 3.52. The second-order valence-corrected chi connectivity index (χ2v) is 5.13. The summed E-state index contributed by atoms with van der Waals surface area (Å²) in [5, 5.41) is 3.16. The fourth-order valence-corrected chi connectivity index (χ4v) is 2.19. The Morgan fingerprint density at radius 2 is 1.84 bits per heavy atom. The molecule has 1 unspecified atom stereocenters. The van der Waals surface area contributed by atoms with Gasteiger partial charge in [-0.2, -0.15) is 0 Å². The molecule has 1 aliphatic carbocycles. The Hall–Kier alpha value is -1.07. The van der Waals surface area contributed by atoms with Gasteiger partial charge in [0, 0.05) is 12.6 Å². The van der Waals surface area contributed by atoms with Gasteiger partial charge >= 0.3 is 0 Å². The summed E-state index contributed by atoms with van der Waals surface area (Å²) in [6.45, 7) is 0.965. The van der Waals surface area contributed by atoms with Crippen LogP contribution in [0.5, 0.6) is 0 Å². The van der Waals surface area contributed by atoms with Crippen LogP contribution in [0.1, 0.15) is 37.3 Å². The molecule has 106 valence electrons. The highest BCUT2D eigenvalue weighted by Gasteiger charge is 2.20. The second kappa shape index (κ2) is 6.39. The highest BCUT2D eigenvalue weighted by Crippen LogP contribution is 2.33. The van der Waals surface area contributed by atoms with E-state index in [1.807, 2.05) is 0 Å². The van der Waals surface area contributed by atoms with Gasteiger partial charge in [-0.15, -0.1) is 0 Å². The molecule has 1 saturated carbocycles. The Kier molecular flexibility index (Phi) is 4.82. The van der Waals surface area contributed by atoms with Crippen molar-refractivity contribution < 1.29 is 13.2 Å². The lowest BCUT2D eigenvalue weighted by atomic mass is 10.1. The zero-order chi connectivity index (χ0) is 13.8. The monoisotopic (exact) mass is 272 g/mol. The van der Waals surface area contributed by atoms with Crippen LogP contribution in [-0.4, -0.2) is 13.1 Å². The van der Waals surface area contributed by atoms with Crippen LogP contribution >= 0.6 is 0 Å². The van der Waals surface area contributed by atoms with Gasteiger partial charge in [-0.25, -0.2) is 13.2 Å². The Bertz CT molecular complexity index is 410. The Balaban J connectivity index is 1.91. The average Bonchev–Trinajstić information content (AvgIpc) is 3.19. The van der Waals surface area contributed by atoms with Crippen molar-refractivity contribution in [3.63, 3.8) is 0 Å². The molecule has 1 atom stereocenters. The topological polar surface area (TPSA) is 38.0 Å². The Morgan fingerprint density at radius 1 is 1.21 bits per heavy atom. The molecule has 0 bridgehead atoms. The summed E-state index contributed by atoms with van der Waals surface area (Å²) in [7, 11) is 0. The Labute approximate surface area is 111 Å². The van der Waals surface area contributed by atoms with Crippen molar-refractivity contribution >= 4 is 0 Å². The second-order valence-electron chi connectivity index (χ2n) is 5.13. The number of halogens is 3. The maximum atomic E-state index is 13.2. The first-order chi connectivity index (χ1) is 9.11. The molecule has 0 aromatic heterocycles. The molecular formula is C14H19F3N2. The molecule has 0 heterocycles. The van der Waals surface area contributed by atoms with E-state index in [1.54, 1.807) is 0 Å². The Morgan fingerprint density at radius 3 is 2.37 bits per heavy atom. The van der Waals surface area contributed by atoms with E-state index in [-0.39, 0.29) is 12.6 Å². The van der Waals surface area contributed by atoms with Crippen LogP contribution in [0.2, 0.25) is 0 Å². The van der Waals surface area contributed by atoms with E-state index < -0.39 is 17.5 Å². The molecule has 2 rings (SSSR count). The highest BCUT2D eigenvalue weighted by molar-refractivity contribution is 5.23. The molecule has 0 radical (unpaired) electrons. The minimum absolute atomic E-state index is 0.216. The van der Waals surface area contributed by atoms with Crippen molar-refractivity contribution in [3.8, 4) is 0 Å². The van der Waals surface area contributed by atoms with Crippen molar-refractivity contribution in [1.82, 2.24) is 5.32 Å². The SMILES string of the molecule is NCC(NCCCC1CC1)c1cc(F)c(F)c(F)c1. The van der Waals surface area contributed by atoms with E-state index in [9.17, 15) is 13.2 Å². The largest absolute Gasteiger partial charge is 0.329 e. The van der Waals surface area contributed by atoms with E-state index in [4.69, 9.17) is 5.73 Å². The molecule has 0 aliphatic heterocycles. The van der Waals surface area contributed by atoms with E-state index in [0.717, 1.165) is 31.0 Å². The first-order valence-electron chi connectivity index (χ1n) is 6.69. The minimum atomic E-state index is -1.44. The molecule has 1 aliphatic rings. The predicted octanol–water partition coefficient (Wildman–Crippen LogP) is 2.88. The van der Waals surface area contributed by atoms with E-state index in [0.29, 0.717) is 5.56 Å². The molecule has 2 nitrogen and oxygen atoms in total. The number of benzene rings is 1. The molecule has 0 amide bonds. The van der Waals surface area contributed by atoms with Crippen molar-refractivity contribution in [2.24, 2.45) is 11.7 Å². The summed E-state index contributed by atoms with van der Waals surface area (Å²) in [6.07, 6.45) is 4.83. The normalized spacial score (nSPS) is 16.6. The number of hydrogen-bond donors (Lipinski definition) is 2. The predicted molar refractivity (Wildman–Crippen MR) is 68.1 cm³/mol. The molecule has 1 fully saturated rings. The van der Waals surface area contributed by atoms with Gasteiger partial charge in [0.25, 0.3) is 0 Å². The minimum Gasteiger partial charge on any atom is -0.329 e. The van der Waals surface area contributed by atoms with Crippen molar-refractivity contribution in [2.45, 2.75) is 31.7 Å². The van der Waals surface area contributed by atoms with Crippen molar-refractivity contribution in [1.29, 1.82) is 0 Å². The first-order valence-corrected chi connectivity index (χ1v) is 6.69. The molecule has 1 aromatic carbocycles. The van der Waals surface area contributed by atoms with Crippen molar-refractivity contribution in [3.05, 3.63) is 35.1 Å². The maximum absolute atomic E-state index is 13.2. The summed E-state index contributed by atoms with van der Waals surface area (Å²) < 4.78 is 39.2. The summed E-state index contributed by atoms with van der Waals surface area (Å²) >= 11 is 0. The van der Waals surface area contributed by atoms with Gasteiger partial charge in [-0.1, -0.05) is 12.8 Å². The average molecular weight is 272 g/mol. The van der Waals surface area contributed by atoms with Gasteiger partial charge in [0.1, 0.15) is 0 Å². The standard InChI is InChI=1S/C14H19F3N2/c15-11-6-10(7-12(16)14(11)17)13(8-18)19-5-1-2-9-3-4-9/h6-7,9,13,19H,1-5,8,18H2. The van der Waals surface area contributed by atoms with Gasteiger partial charge in [0.2, 0.25) is 0 Å².